The van der Waals surface area contributed by atoms with Crippen LogP contribution >= 0.6 is 0 Å². The predicted octanol–water partition coefficient (Wildman–Crippen LogP) is 1.99. The first-order valence-corrected chi connectivity index (χ1v) is 7.32. The molecule has 0 aliphatic carbocycles. The van der Waals surface area contributed by atoms with Gasteiger partial charge in [0.05, 0.1) is 5.52 Å². The zero-order chi connectivity index (χ0) is 17.1. The van der Waals surface area contributed by atoms with Crippen molar-refractivity contribution in [1.29, 1.82) is 0 Å². The molecule has 122 valence electrons. The van der Waals surface area contributed by atoms with E-state index in [-0.39, 0.29) is 17.5 Å². The highest BCUT2D eigenvalue weighted by molar-refractivity contribution is 5.99. The van der Waals surface area contributed by atoms with Gasteiger partial charge in [-0.05, 0) is 18.2 Å². The van der Waals surface area contributed by atoms with E-state index in [0.717, 1.165) is 10.9 Å². The maximum atomic E-state index is 9.95. The lowest BCUT2D eigenvalue weighted by Crippen LogP contribution is -2.23. The summed E-state index contributed by atoms with van der Waals surface area (Å²) in [6, 6.07) is 12.0. The molecule has 0 saturated heterocycles. The van der Waals surface area contributed by atoms with Crippen LogP contribution in [0, 0.1) is 0 Å². The van der Waals surface area contributed by atoms with E-state index in [0.29, 0.717) is 23.6 Å². The van der Waals surface area contributed by atoms with Crippen LogP contribution < -0.4 is 11.1 Å². The summed E-state index contributed by atoms with van der Waals surface area (Å²) in [6.07, 6.45) is 0.314. The predicted molar refractivity (Wildman–Crippen MR) is 93.3 cm³/mol. The van der Waals surface area contributed by atoms with E-state index < -0.39 is 0 Å². The first kappa shape index (κ1) is 15.5. The van der Waals surface area contributed by atoms with Crippen LogP contribution in [0.2, 0.25) is 0 Å². The number of aromatic nitrogens is 2. The molecule has 3 rings (SSSR count). The Labute approximate surface area is 138 Å². The normalized spacial score (nSPS) is 11.6. The van der Waals surface area contributed by atoms with Crippen molar-refractivity contribution < 1.29 is 10.2 Å². The van der Waals surface area contributed by atoms with Crippen LogP contribution in [0.1, 0.15) is 11.4 Å². The number of nitrogens with one attached hydrogen (secondary N) is 1. The van der Waals surface area contributed by atoms with Gasteiger partial charge in [0.25, 0.3) is 0 Å². The monoisotopic (exact) mass is 323 g/mol. The number of phenolic OH excluding ortho intramolecular Hbond substituents is 2. The van der Waals surface area contributed by atoms with Crippen molar-refractivity contribution in [3.8, 4) is 11.5 Å². The van der Waals surface area contributed by atoms with Crippen molar-refractivity contribution in [3.05, 3.63) is 53.9 Å². The van der Waals surface area contributed by atoms with E-state index in [4.69, 9.17) is 5.73 Å². The zero-order valence-corrected chi connectivity index (χ0v) is 13.1. The molecule has 3 aromatic rings. The highest BCUT2D eigenvalue weighted by Crippen LogP contribution is 2.26. The summed E-state index contributed by atoms with van der Waals surface area (Å²) in [5.74, 6) is 1.32. The molecule has 1 aromatic heterocycles. The number of aliphatic imine (C=N–C) groups is 1. The molecule has 7 nitrogen and oxygen atoms in total. The molecule has 0 spiro atoms. The molecule has 24 heavy (non-hydrogen) atoms. The van der Waals surface area contributed by atoms with Crippen molar-refractivity contribution in [2.24, 2.45) is 10.7 Å². The molecule has 5 N–H and O–H groups in total. The lowest BCUT2D eigenvalue weighted by Gasteiger charge is -2.11. The number of hydrogen-bond acceptors (Lipinski definition) is 5. The van der Waals surface area contributed by atoms with Crippen LogP contribution in [0.4, 0.5) is 5.82 Å². The summed E-state index contributed by atoms with van der Waals surface area (Å²) >= 11 is 0. The fourth-order valence-electron chi connectivity index (χ4n) is 2.35. The second kappa shape index (κ2) is 6.41. The van der Waals surface area contributed by atoms with E-state index in [1.165, 1.54) is 12.1 Å². The summed E-state index contributed by atoms with van der Waals surface area (Å²) in [6.45, 7) is 0. The number of fused-ring (bicyclic) bond motifs is 1. The van der Waals surface area contributed by atoms with Gasteiger partial charge in [-0.25, -0.2) is 9.97 Å². The molecule has 0 bridgehead atoms. The van der Waals surface area contributed by atoms with Gasteiger partial charge in [0.2, 0.25) is 0 Å². The van der Waals surface area contributed by atoms with Crippen LogP contribution in [-0.2, 0) is 6.42 Å². The number of benzene rings is 2. The first-order chi connectivity index (χ1) is 11.6. The Morgan fingerprint density at radius 3 is 2.71 bits per heavy atom. The number of nitrogens with zero attached hydrogens (tertiary/aromatic N) is 3. The second-order valence-electron chi connectivity index (χ2n) is 5.23. The summed E-state index contributed by atoms with van der Waals surface area (Å²) in [5.41, 5.74) is 7.12. The minimum atomic E-state index is -0.00379. The Balaban J connectivity index is 2.04. The summed E-state index contributed by atoms with van der Waals surface area (Å²) in [5, 5.41) is 23.1. The van der Waals surface area contributed by atoms with Gasteiger partial charge in [-0.3, -0.25) is 4.99 Å². The van der Waals surface area contributed by atoms with Gasteiger partial charge in [-0.2, -0.15) is 0 Å². The molecular formula is C17H17N5O2. The third-order valence-electron chi connectivity index (χ3n) is 3.55. The van der Waals surface area contributed by atoms with Gasteiger partial charge in [0, 0.05) is 30.5 Å². The Bertz CT molecular complexity index is 924. The van der Waals surface area contributed by atoms with Gasteiger partial charge in [-0.1, -0.05) is 18.2 Å². The standard InChI is InChI=1S/C17H17N5O2/c1-19-17(18)22-16-12-4-2-3-5-13(12)20-15(21-16)8-10-6-7-11(23)9-14(10)24/h2-7,9,23-24H,8H2,1H3,(H3,18,19,20,21,22). The molecule has 0 radical (unpaired) electrons. The largest absolute Gasteiger partial charge is 0.508 e. The molecule has 0 atom stereocenters. The zero-order valence-electron chi connectivity index (χ0n) is 13.1. The minimum absolute atomic E-state index is 0.00379. The van der Waals surface area contributed by atoms with Crippen molar-refractivity contribution in [2.75, 3.05) is 12.4 Å². The highest BCUT2D eigenvalue weighted by atomic mass is 16.3. The number of para-hydroxylation sites is 1. The highest BCUT2D eigenvalue weighted by Gasteiger charge is 2.11. The number of aromatic hydroxyl groups is 2. The smallest absolute Gasteiger partial charge is 0.194 e. The molecule has 1 heterocycles. The maximum absolute atomic E-state index is 9.95. The Hall–Kier alpha value is -3.35. The summed E-state index contributed by atoms with van der Waals surface area (Å²) in [4.78, 5) is 12.9. The lowest BCUT2D eigenvalue weighted by atomic mass is 10.1. The quantitative estimate of drug-likeness (QED) is 0.432. The van der Waals surface area contributed by atoms with E-state index >= 15 is 0 Å². The third-order valence-corrected chi connectivity index (χ3v) is 3.55. The minimum Gasteiger partial charge on any atom is -0.508 e. The molecule has 7 heteroatoms. The third kappa shape index (κ3) is 3.19. The lowest BCUT2D eigenvalue weighted by molar-refractivity contribution is 0.446. The van der Waals surface area contributed by atoms with E-state index in [2.05, 4.69) is 20.3 Å². The summed E-state index contributed by atoms with van der Waals surface area (Å²) in [7, 11) is 1.58. The van der Waals surface area contributed by atoms with Crippen LogP contribution in [-0.4, -0.2) is 33.2 Å². The first-order valence-electron chi connectivity index (χ1n) is 7.32. The van der Waals surface area contributed by atoms with Crippen molar-refractivity contribution in [2.45, 2.75) is 6.42 Å². The molecule has 0 fully saturated rings. The molecule has 0 aliphatic heterocycles. The van der Waals surface area contributed by atoms with Gasteiger partial charge in [-0.15, -0.1) is 0 Å². The second-order valence-corrected chi connectivity index (χ2v) is 5.23. The summed E-state index contributed by atoms with van der Waals surface area (Å²) < 4.78 is 0. The topological polar surface area (TPSA) is 117 Å². The van der Waals surface area contributed by atoms with Gasteiger partial charge >= 0.3 is 0 Å². The Morgan fingerprint density at radius 2 is 1.96 bits per heavy atom. The number of nitrogens with two attached hydrogens (primary N) is 1. The SMILES string of the molecule is CN=C(N)Nc1nc(Cc2ccc(O)cc2O)nc2ccccc12. The number of rotatable bonds is 3. The van der Waals surface area contributed by atoms with Gasteiger partial charge in [0.15, 0.2) is 5.96 Å². The number of phenols is 2. The maximum Gasteiger partial charge on any atom is 0.194 e. The van der Waals surface area contributed by atoms with Crippen LogP contribution in [0.15, 0.2) is 47.5 Å². The van der Waals surface area contributed by atoms with Gasteiger partial charge in [0.1, 0.15) is 23.1 Å². The Morgan fingerprint density at radius 1 is 1.17 bits per heavy atom. The Kier molecular flexibility index (Phi) is 4.15. The van der Waals surface area contributed by atoms with Crippen molar-refractivity contribution in [3.63, 3.8) is 0 Å². The van der Waals surface area contributed by atoms with Crippen molar-refractivity contribution >= 4 is 22.7 Å². The molecule has 0 saturated carbocycles. The van der Waals surface area contributed by atoms with E-state index in [9.17, 15) is 10.2 Å². The van der Waals surface area contributed by atoms with Crippen LogP contribution in [0.3, 0.4) is 0 Å². The van der Waals surface area contributed by atoms with Crippen molar-refractivity contribution in [1.82, 2.24) is 9.97 Å². The fraction of sp³-hybridized carbons (Fsp3) is 0.118. The average Bonchev–Trinajstić information content (AvgIpc) is 2.57. The molecule has 2 aromatic carbocycles. The van der Waals surface area contributed by atoms with Gasteiger partial charge < -0.3 is 21.3 Å². The van der Waals surface area contributed by atoms with Crippen LogP contribution in [0.25, 0.3) is 10.9 Å². The van der Waals surface area contributed by atoms with E-state index in [1.54, 1.807) is 13.1 Å². The molecule has 0 amide bonds. The number of hydrogen-bond donors (Lipinski definition) is 4. The average molecular weight is 323 g/mol. The molecule has 0 aliphatic rings. The molecule has 0 unspecified atom stereocenters. The number of guanidine groups is 1. The molecular weight excluding hydrogens is 306 g/mol. The van der Waals surface area contributed by atoms with Crippen LogP contribution in [0.5, 0.6) is 11.5 Å². The fourth-order valence-corrected chi connectivity index (χ4v) is 2.35. The van der Waals surface area contributed by atoms with E-state index in [1.807, 2.05) is 24.3 Å². The number of anilines is 1.